The second-order valence-electron chi connectivity index (χ2n) is 9.26. The van der Waals surface area contributed by atoms with Crippen LogP contribution in [0.15, 0.2) is 41.3 Å². The largest absolute Gasteiger partial charge is 0.369 e. The first-order chi connectivity index (χ1) is 17.7. The zero-order chi connectivity index (χ0) is 26.2. The molecule has 37 heavy (non-hydrogen) atoms. The van der Waals surface area contributed by atoms with Crippen LogP contribution in [0.2, 0.25) is 5.15 Å². The highest BCUT2D eigenvalue weighted by Gasteiger charge is 2.44. The van der Waals surface area contributed by atoms with Gasteiger partial charge < -0.3 is 19.9 Å². The van der Waals surface area contributed by atoms with Crippen LogP contribution in [0, 0.1) is 0 Å². The Morgan fingerprint density at radius 1 is 1.08 bits per heavy atom. The Hall–Kier alpha value is -2.38. The molecule has 1 N–H and O–H groups in total. The molecule has 0 aliphatic carbocycles. The third-order valence-corrected chi connectivity index (χ3v) is 9.03. The molecule has 1 amide bonds. The van der Waals surface area contributed by atoms with E-state index >= 15 is 8.78 Å². The standard InChI is InChI=1S/C24H28ClF2N5O4S/c25-21-14-17(24(26,27)20-16-28-7-13-36-20)15-22(29-21)30-9-11-31(12-10-30)37(34,35)19-5-3-18(4-6-19)32-8-1-2-23(32)33/h3-6,14-15,20,28H,1-2,7-13,16H2/t20-/m0/s1. The van der Waals surface area contributed by atoms with E-state index in [-0.39, 0.29) is 66.7 Å². The smallest absolute Gasteiger partial charge is 0.300 e. The highest BCUT2D eigenvalue weighted by molar-refractivity contribution is 7.89. The number of hydrogen-bond donors (Lipinski definition) is 1. The fourth-order valence-electron chi connectivity index (χ4n) is 4.85. The topological polar surface area (TPSA) is 95.1 Å². The maximum absolute atomic E-state index is 15.1. The van der Waals surface area contributed by atoms with Crippen LogP contribution < -0.4 is 15.1 Å². The van der Waals surface area contributed by atoms with E-state index < -0.39 is 22.0 Å². The summed E-state index contributed by atoms with van der Waals surface area (Å²) in [4.78, 5) is 19.7. The summed E-state index contributed by atoms with van der Waals surface area (Å²) < 4.78 is 63.4. The van der Waals surface area contributed by atoms with Crippen molar-refractivity contribution in [3.05, 3.63) is 47.1 Å². The molecule has 9 nitrogen and oxygen atoms in total. The number of rotatable bonds is 6. The number of nitrogens with one attached hydrogen (secondary N) is 1. The molecule has 200 valence electrons. The number of piperazine rings is 1. The molecule has 1 aromatic heterocycles. The van der Waals surface area contributed by atoms with Crippen LogP contribution in [0.4, 0.5) is 20.3 Å². The lowest BCUT2D eigenvalue weighted by molar-refractivity contribution is -0.151. The molecule has 0 unspecified atom stereocenters. The maximum atomic E-state index is 15.1. The molecule has 5 rings (SSSR count). The van der Waals surface area contributed by atoms with Crippen molar-refractivity contribution in [1.82, 2.24) is 14.6 Å². The van der Waals surface area contributed by atoms with E-state index in [2.05, 4.69) is 10.3 Å². The number of nitrogens with zero attached hydrogens (tertiary/aromatic N) is 4. The molecule has 3 saturated heterocycles. The van der Waals surface area contributed by atoms with Crippen LogP contribution in [-0.2, 0) is 25.5 Å². The molecule has 0 bridgehead atoms. The molecule has 0 spiro atoms. The van der Waals surface area contributed by atoms with E-state index in [0.717, 1.165) is 12.5 Å². The van der Waals surface area contributed by atoms with Crippen LogP contribution in [0.5, 0.6) is 0 Å². The summed E-state index contributed by atoms with van der Waals surface area (Å²) in [5.74, 6) is -2.97. The number of aromatic nitrogens is 1. The van der Waals surface area contributed by atoms with Gasteiger partial charge >= 0.3 is 0 Å². The molecular weight excluding hydrogens is 528 g/mol. The van der Waals surface area contributed by atoms with Gasteiger partial charge in [0.05, 0.1) is 11.5 Å². The third kappa shape index (κ3) is 5.30. The van der Waals surface area contributed by atoms with Crippen molar-refractivity contribution in [2.24, 2.45) is 0 Å². The van der Waals surface area contributed by atoms with E-state index in [1.165, 1.54) is 22.5 Å². The van der Waals surface area contributed by atoms with Crippen LogP contribution in [0.1, 0.15) is 18.4 Å². The van der Waals surface area contributed by atoms with Crippen molar-refractivity contribution >= 4 is 39.0 Å². The van der Waals surface area contributed by atoms with Gasteiger partial charge in [0, 0.05) is 63.5 Å². The van der Waals surface area contributed by atoms with Crippen molar-refractivity contribution in [3.63, 3.8) is 0 Å². The molecule has 4 heterocycles. The monoisotopic (exact) mass is 555 g/mol. The number of anilines is 2. The first-order valence-electron chi connectivity index (χ1n) is 12.2. The van der Waals surface area contributed by atoms with Gasteiger partial charge in [-0.2, -0.15) is 13.1 Å². The Labute approximate surface area is 219 Å². The second kappa shape index (κ2) is 10.4. The lowest BCUT2D eigenvalue weighted by Gasteiger charge is -2.35. The van der Waals surface area contributed by atoms with E-state index in [1.54, 1.807) is 21.9 Å². The Kier molecular flexibility index (Phi) is 7.38. The molecule has 1 aromatic carbocycles. The van der Waals surface area contributed by atoms with Gasteiger partial charge in [0.25, 0.3) is 5.92 Å². The summed E-state index contributed by atoms with van der Waals surface area (Å²) in [6.45, 7) is 2.20. The van der Waals surface area contributed by atoms with Crippen LogP contribution >= 0.6 is 11.6 Å². The minimum absolute atomic E-state index is 0.0220. The van der Waals surface area contributed by atoms with E-state index in [9.17, 15) is 13.2 Å². The summed E-state index contributed by atoms with van der Waals surface area (Å²) in [6, 6.07) is 8.76. The van der Waals surface area contributed by atoms with Gasteiger partial charge in [-0.25, -0.2) is 13.4 Å². The third-order valence-electron chi connectivity index (χ3n) is 6.92. The van der Waals surface area contributed by atoms with Gasteiger partial charge in [0.2, 0.25) is 15.9 Å². The van der Waals surface area contributed by atoms with Gasteiger partial charge in [0.1, 0.15) is 17.1 Å². The fraction of sp³-hybridized carbons (Fsp3) is 0.500. The van der Waals surface area contributed by atoms with Gasteiger partial charge in [-0.1, -0.05) is 11.6 Å². The average Bonchev–Trinajstić information content (AvgIpc) is 3.34. The van der Waals surface area contributed by atoms with Crippen LogP contribution in [0.3, 0.4) is 0 Å². The number of amides is 1. The number of morpholine rings is 1. The Morgan fingerprint density at radius 3 is 2.43 bits per heavy atom. The molecule has 0 radical (unpaired) electrons. The number of pyridine rings is 1. The number of halogens is 3. The molecule has 0 saturated carbocycles. The zero-order valence-electron chi connectivity index (χ0n) is 20.1. The molecule has 1 atom stereocenters. The average molecular weight is 556 g/mol. The summed E-state index contributed by atoms with van der Waals surface area (Å²) in [5, 5.41) is 2.84. The first-order valence-corrected chi connectivity index (χ1v) is 14.0. The van der Waals surface area contributed by atoms with Crippen molar-refractivity contribution in [2.75, 3.05) is 62.2 Å². The van der Waals surface area contributed by atoms with E-state index in [0.29, 0.717) is 25.2 Å². The molecule has 3 aliphatic rings. The number of alkyl halides is 2. The number of benzene rings is 1. The molecular formula is C24H28ClF2N5O4S. The van der Waals surface area contributed by atoms with E-state index in [4.69, 9.17) is 16.3 Å². The van der Waals surface area contributed by atoms with Gasteiger partial charge in [-0.3, -0.25) is 4.79 Å². The van der Waals surface area contributed by atoms with Crippen molar-refractivity contribution in [1.29, 1.82) is 0 Å². The lowest BCUT2D eigenvalue weighted by Crippen LogP contribution is -2.49. The van der Waals surface area contributed by atoms with Gasteiger partial charge in [-0.05, 0) is 42.8 Å². The quantitative estimate of drug-likeness (QED) is 0.547. The second-order valence-corrected chi connectivity index (χ2v) is 11.6. The van der Waals surface area contributed by atoms with Crippen molar-refractivity contribution in [2.45, 2.75) is 29.8 Å². The summed E-state index contributed by atoms with van der Waals surface area (Å²) in [7, 11) is -3.76. The number of hydrogen-bond acceptors (Lipinski definition) is 7. The van der Waals surface area contributed by atoms with Gasteiger partial charge in [-0.15, -0.1) is 0 Å². The Morgan fingerprint density at radius 2 is 1.81 bits per heavy atom. The highest BCUT2D eigenvalue weighted by Crippen LogP contribution is 2.37. The summed E-state index contributed by atoms with van der Waals surface area (Å²) in [6.07, 6.45) is -0.0317. The predicted octanol–water partition coefficient (Wildman–Crippen LogP) is 2.45. The summed E-state index contributed by atoms with van der Waals surface area (Å²) >= 11 is 6.11. The highest BCUT2D eigenvalue weighted by atomic mass is 35.5. The van der Waals surface area contributed by atoms with Crippen LogP contribution in [0.25, 0.3) is 0 Å². The number of carbonyl (C=O) groups is 1. The fourth-order valence-corrected chi connectivity index (χ4v) is 6.47. The minimum atomic E-state index is -3.76. The molecule has 13 heteroatoms. The Balaban J connectivity index is 1.27. The molecule has 2 aromatic rings. The lowest BCUT2D eigenvalue weighted by atomic mass is 10.0. The SMILES string of the molecule is O=C1CCCN1c1ccc(S(=O)(=O)N2CCN(c3cc(C(F)(F)[C@@H]4CNCCO4)cc(Cl)n3)CC2)cc1. The van der Waals surface area contributed by atoms with Crippen LogP contribution in [-0.4, -0.2) is 82.1 Å². The number of carbonyl (C=O) groups excluding carboxylic acids is 1. The minimum Gasteiger partial charge on any atom is -0.369 e. The summed E-state index contributed by atoms with van der Waals surface area (Å²) in [5.41, 5.74) is 0.392. The van der Waals surface area contributed by atoms with Gasteiger partial charge in [0.15, 0.2) is 0 Å². The number of sulfonamides is 1. The number of ether oxygens (including phenoxy) is 1. The molecule has 3 aliphatic heterocycles. The Bertz CT molecular complexity index is 1250. The van der Waals surface area contributed by atoms with Crippen molar-refractivity contribution in [3.8, 4) is 0 Å². The van der Waals surface area contributed by atoms with E-state index in [1.807, 2.05) is 0 Å². The molecule has 3 fully saturated rings. The first kappa shape index (κ1) is 26.2. The van der Waals surface area contributed by atoms with Crippen molar-refractivity contribution < 1.29 is 26.7 Å². The normalized spacial score (nSPS) is 22.0. The predicted molar refractivity (Wildman–Crippen MR) is 135 cm³/mol. The zero-order valence-corrected chi connectivity index (χ0v) is 21.6. The maximum Gasteiger partial charge on any atom is 0.300 e.